The van der Waals surface area contributed by atoms with E-state index in [2.05, 4.69) is 39.4 Å². The Morgan fingerprint density at radius 2 is 2.12 bits per heavy atom. The molecule has 9 heteroatoms. The lowest BCUT2D eigenvalue weighted by molar-refractivity contribution is 0.233. The summed E-state index contributed by atoms with van der Waals surface area (Å²) in [5.74, 6) is 1.27. The maximum absolute atomic E-state index is 11.8. The van der Waals surface area contributed by atoms with E-state index in [-0.39, 0.29) is 11.7 Å². The van der Waals surface area contributed by atoms with Crippen LogP contribution in [0.25, 0.3) is 11.5 Å². The molecule has 0 saturated carbocycles. The number of nitrogens with zero attached hydrogens (tertiary/aromatic N) is 3. The highest BCUT2D eigenvalue weighted by Gasteiger charge is 2.45. The largest absolute Gasteiger partial charge is 0.474 e. The van der Waals surface area contributed by atoms with E-state index in [1.54, 1.807) is 18.3 Å². The summed E-state index contributed by atoms with van der Waals surface area (Å²) in [5, 5.41) is 10.4. The highest BCUT2D eigenvalue weighted by atomic mass is 35.5. The van der Waals surface area contributed by atoms with Crippen molar-refractivity contribution in [3.63, 3.8) is 0 Å². The maximum Gasteiger partial charge on any atom is 0.264 e. The first-order valence-electron chi connectivity index (χ1n) is 10.9. The van der Waals surface area contributed by atoms with Crippen molar-refractivity contribution in [1.82, 2.24) is 25.3 Å². The number of aromatic nitrogens is 5. The molecule has 3 heterocycles. The Kier molecular flexibility index (Phi) is 5.32. The van der Waals surface area contributed by atoms with Crippen LogP contribution in [0.5, 0.6) is 5.88 Å². The number of rotatable bonds is 6. The summed E-state index contributed by atoms with van der Waals surface area (Å²) in [6, 6.07) is 9.57. The van der Waals surface area contributed by atoms with Crippen molar-refractivity contribution in [1.29, 1.82) is 0 Å². The van der Waals surface area contributed by atoms with Crippen molar-refractivity contribution in [3.05, 3.63) is 80.1 Å². The third-order valence-corrected chi connectivity index (χ3v) is 6.40. The normalized spacial score (nSPS) is 17.5. The van der Waals surface area contributed by atoms with E-state index in [0.717, 1.165) is 24.1 Å². The molecule has 1 aliphatic carbocycles. The Hall–Kier alpha value is -3.39. The van der Waals surface area contributed by atoms with Gasteiger partial charge in [-0.05, 0) is 56.4 Å². The van der Waals surface area contributed by atoms with Crippen LogP contribution >= 0.6 is 11.6 Å². The van der Waals surface area contributed by atoms with Crippen molar-refractivity contribution in [2.45, 2.75) is 51.6 Å². The first-order chi connectivity index (χ1) is 15.9. The molecule has 3 aromatic heterocycles. The molecule has 170 valence electrons. The van der Waals surface area contributed by atoms with Gasteiger partial charge in [0.15, 0.2) is 5.82 Å². The topological polar surface area (TPSA) is 110 Å². The molecule has 0 bridgehead atoms. The lowest BCUT2D eigenvalue weighted by Crippen LogP contribution is -2.29. The average molecular weight is 466 g/mol. The summed E-state index contributed by atoms with van der Waals surface area (Å²) < 4.78 is 11.3. The van der Waals surface area contributed by atoms with Crippen LogP contribution in [-0.4, -0.2) is 31.4 Å². The Bertz CT molecular complexity index is 1370. The summed E-state index contributed by atoms with van der Waals surface area (Å²) >= 11 is 6.36. The molecular formula is C24H24ClN5O3. The van der Waals surface area contributed by atoms with Gasteiger partial charge in [-0.15, -0.1) is 0 Å². The van der Waals surface area contributed by atoms with Gasteiger partial charge in [-0.25, -0.2) is 4.98 Å². The minimum Gasteiger partial charge on any atom is -0.474 e. The monoisotopic (exact) mass is 465 g/mol. The number of hydrogen-bond donors (Lipinski definition) is 2. The summed E-state index contributed by atoms with van der Waals surface area (Å²) in [5.41, 5.74) is 4.41. The SMILES string of the molecule is Cc1cccc2c1CC[C@]2(Cc1cc(=O)[nH][nH]1)c1noc(-c2cnc(OC(C)C)c(Cl)c2)n1. The number of pyridine rings is 1. The standard InChI is InChI=1S/C24H24ClN5O3/c1-13(2)32-22-19(25)9-15(12-26-22)21-27-23(30-33-21)24(11-16-10-20(31)29-28-16)8-7-17-14(3)5-4-6-18(17)24/h4-6,9-10,12-13H,7-8,11H2,1-3H3,(H2,28,29,31)/t24-/m1/s1. The minimum absolute atomic E-state index is 0.0403. The van der Waals surface area contributed by atoms with Gasteiger partial charge < -0.3 is 14.4 Å². The quantitative estimate of drug-likeness (QED) is 0.437. The molecule has 2 N–H and O–H groups in total. The zero-order valence-corrected chi connectivity index (χ0v) is 19.4. The number of ether oxygens (including phenoxy) is 1. The van der Waals surface area contributed by atoms with Gasteiger partial charge in [-0.1, -0.05) is 35.0 Å². The molecule has 0 spiro atoms. The van der Waals surface area contributed by atoms with Crippen molar-refractivity contribution in [2.24, 2.45) is 0 Å². The van der Waals surface area contributed by atoms with Gasteiger partial charge in [0.1, 0.15) is 5.02 Å². The van der Waals surface area contributed by atoms with Gasteiger partial charge in [0.2, 0.25) is 5.88 Å². The number of fused-ring (bicyclic) bond motifs is 1. The predicted octanol–water partition coefficient (Wildman–Crippen LogP) is 4.37. The molecule has 1 aromatic carbocycles. The number of H-pyrrole nitrogens is 2. The number of aromatic amines is 2. The lowest BCUT2D eigenvalue weighted by atomic mass is 9.76. The van der Waals surface area contributed by atoms with Crippen molar-refractivity contribution >= 4 is 11.6 Å². The first-order valence-corrected chi connectivity index (χ1v) is 11.3. The molecule has 1 atom stereocenters. The van der Waals surface area contributed by atoms with E-state index in [0.29, 0.717) is 34.6 Å². The fourth-order valence-electron chi connectivity index (χ4n) is 4.63. The molecule has 4 aromatic rings. The van der Waals surface area contributed by atoms with E-state index in [9.17, 15) is 4.79 Å². The van der Waals surface area contributed by atoms with Crippen molar-refractivity contribution in [3.8, 4) is 17.3 Å². The minimum atomic E-state index is -0.522. The predicted molar refractivity (Wildman–Crippen MR) is 124 cm³/mol. The van der Waals surface area contributed by atoms with Crippen LogP contribution in [0, 0.1) is 6.92 Å². The summed E-state index contributed by atoms with van der Waals surface area (Å²) in [6.45, 7) is 5.94. The van der Waals surface area contributed by atoms with Gasteiger partial charge in [-0.2, -0.15) is 4.98 Å². The number of aryl methyl sites for hydroxylation is 1. The molecule has 1 aliphatic rings. The number of nitrogens with one attached hydrogen (secondary N) is 2. The molecule has 0 unspecified atom stereocenters. The van der Waals surface area contributed by atoms with Crippen LogP contribution < -0.4 is 10.3 Å². The van der Waals surface area contributed by atoms with E-state index in [4.69, 9.17) is 25.8 Å². The summed E-state index contributed by atoms with van der Waals surface area (Å²) in [7, 11) is 0. The average Bonchev–Trinajstić information content (AvgIpc) is 3.50. The molecule has 0 aliphatic heterocycles. The Morgan fingerprint density at radius 3 is 2.85 bits per heavy atom. The van der Waals surface area contributed by atoms with Crippen LogP contribution in [0.4, 0.5) is 0 Å². The van der Waals surface area contributed by atoms with Gasteiger partial charge >= 0.3 is 0 Å². The highest BCUT2D eigenvalue weighted by molar-refractivity contribution is 6.32. The van der Waals surface area contributed by atoms with Crippen molar-refractivity contribution in [2.75, 3.05) is 0 Å². The molecule has 8 nitrogen and oxygen atoms in total. The third kappa shape index (κ3) is 3.84. The molecule has 0 radical (unpaired) electrons. The van der Waals surface area contributed by atoms with Gasteiger partial charge in [-0.3, -0.25) is 9.89 Å². The second kappa shape index (κ2) is 8.19. The fourth-order valence-corrected chi connectivity index (χ4v) is 4.84. The van der Waals surface area contributed by atoms with Crippen LogP contribution in [0.2, 0.25) is 5.02 Å². The van der Waals surface area contributed by atoms with Crippen LogP contribution in [-0.2, 0) is 18.3 Å². The van der Waals surface area contributed by atoms with E-state index in [1.807, 2.05) is 19.9 Å². The molecule has 0 fully saturated rings. The van der Waals surface area contributed by atoms with E-state index in [1.165, 1.54) is 11.1 Å². The number of benzene rings is 1. The van der Waals surface area contributed by atoms with E-state index >= 15 is 0 Å². The second-order valence-corrected chi connectivity index (χ2v) is 9.15. The number of halogens is 1. The molecule has 33 heavy (non-hydrogen) atoms. The summed E-state index contributed by atoms with van der Waals surface area (Å²) in [6.07, 6.45) is 3.82. The van der Waals surface area contributed by atoms with E-state index < -0.39 is 5.41 Å². The van der Waals surface area contributed by atoms with Gasteiger partial charge in [0.05, 0.1) is 17.1 Å². The lowest BCUT2D eigenvalue weighted by Gasteiger charge is -2.26. The second-order valence-electron chi connectivity index (χ2n) is 8.74. The summed E-state index contributed by atoms with van der Waals surface area (Å²) in [4.78, 5) is 20.8. The first kappa shape index (κ1) is 21.5. The molecule has 0 amide bonds. The molecular weight excluding hydrogens is 442 g/mol. The van der Waals surface area contributed by atoms with Gasteiger partial charge in [0, 0.05) is 24.4 Å². The zero-order chi connectivity index (χ0) is 23.2. The Morgan fingerprint density at radius 1 is 1.27 bits per heavy atom. The van der Waals surface area contributed by atoms with Crippen molar-refractivity contribution < 1.29 is 9.26 Å². The number of hydrogen-bond acceptors (Lipinski definition) is 6. The Labute approximate surface area is 195 Å². The van der Waals surface area contributed by atoms with Crippen LogP contribution in [0.3, 0.4) is 0 Å². The highest BCUT2D eigenvalue weighted by Crippen LogP contribution is 2.46. The Balaban J connectivity index is 1.57. The van der Waals surface area contributed by atoms with Crippen LogP contribution in [0.1, 0.15) is 48.5 Å². The molecule has 5 rings (SSSR count). The van der Waals surface area contributed by atoms with Gasteiger partial charge in [0.25, 0.3) is 11.4 Å². The smallest absolute Gasteiger partial charge is 0.264 e. The molecule has 0 saturated heterocycles. The maximum atomic E-state index is 11.8. The van der Waals surface area contributed by atoms with Crippen LogP contribution in [0.15, 0.2) is 45.8 Å². The zero-order valence-electron chi connectivity index (χ0n) is 18.6. The fraction of sp³-hybridized carbons (Fsp3) is 0.333. The third-order valence-electron chi connectivity index (χ3n) is 6.13.